The maximum atomic E-state index is 5.42. The average molecular weight is 678 g/mol. The first-order valence-corrected chi connectivity index (χ1v) is 17.9. The molecule has 9 rings (SSSR count). The van der Waals surface area contributed by atoms with Gasteiger partial charge >= 0.3 is 0 Å². The summed E-state index contributed by atoms with van der Waals surface area (Å²) in [6.45, 7) is 0. The lowest BCUT2D eigenvalue weighted by molar-refractivity contribution is 1.27. The van der Waals surface area contributed by atoms with Crippen LogP contribution in [0.1, 0.15) is 0 Å². The van der Waals surface area contributed by atoms with Crippen molar-refractivity contribution >= 4 is 28.1 Å². The summed E-state index contributed by atoms with van der Waals surface area (Å²) < 4.78 is 0. The molecule has 0 atom stereocenters. The summed E-state index contributed by atoms with van der Waals surface area (Å²) in [5, 5.41) is 0. The van der Waals surface area contributed by atoms with E-state index in [1.807, 2.05) is 18.2 Å². The van der Waals surface area contributed by atoms with Crippen LogP contribution < -0.4 is 4.90 Å². The minimum Gasteiger partial charge on any atom is -0.311 e. The van der Waals surface area contributed by atoms with E-state index in [0.29, 0.717) is 0 Å². The molecule has 0 N–H and O–H groups in total. The van der Waals surface area contributed by atoms with Crippen LogP contribution in [-0.4, -0.2) is 9.97 Å². The molecular weight excluding hydrogens is 643 g/mol. The van der Waals surface area contributed by atoms with Crippen molar-refractivity contribution in [3.8, 4) is 55.9 Å². The van der Waals surface area contributed by atoms with Gasteiger partial charge in [-0.05, 0) is 81.9 Å². The molecule has 3 heteroatoms. The van der Waals surface area contributed by atoms with E-state index in [4.69, 9.17) is 9.97 Å². The average Bonchev–Trinajstić information content (AvgIpc) is 3.25. The van der Waals surface area contributed by atoms with E-state index in [9.17, 15) is 0 Å². The highest BCUT2D eigenvalue weighted by atomic mass is 15.1. The quantitative estimate of drug-likeness (QED) is 0.160. The predicted octanol–water partition coefficient (Wildman–Crippen LogP) is 13.4. The molecule has 0 saturated carbocycles. The number of nitrogens with zero attached hydrogens (tertiary/aromatic N) is 3. The molecule has 0 aliphatic carbocycles. The number of aromatic nitrogens is 2. The first kappa shape index (κ1) is 31.9. The Morgan fingerprint density at radius 2 is 0.566 bits per heavy atom. The smallest absolute Gasteiger partial charge is 0.0973 e. The summed E-state index contributed by atoms with van der Waals surface area (Å²) in [5.41, 5.74) is 15.6. The molecule has 0 saturated heterocycles. The van der Waals surface area contributed by atoms with Gasteiger partial charge in [0, 0.05) is 28.2 Å². The topological polar surface area (TPSA) is 29.0 Å². The molecule has 9 aromatic rings. The standard InChI is InChI=1S/C50H35N3/c1-6-16-36(17-7-1)37-26-28-39(29-27-37)46-35-48-47(34-45(46)38-18-8-2-9-19-38)51-49(40-20-10-3-11-21-40)50(52-48)41-30-32-44(33-31-41)53(42-22-12-4-13-23-42)43-24-14-5-15-25-43/h1-35H. The molecule has 53 heavy (non-hydrogen) atoms. The van der Waals surface area contributed by atoms with E-state index < -0.39 is 0 Å². The normalized spacial score (nSPS) is 11.0. The molecule has 3 nitrogen and oxygen atoms in total. The highest BCUT2D eigenvalue weighted by Crippen LogP contribution is 2.40. The summed E-state index contributed by atoms with van der Waals surface area (Å²) in [5.74, 6) is 0. The Morgan fingerprint density at radius 3 is 1.04 bits per heavy atom. The molecule has 0 fully saturated rings. The lowest BCUT2D eigenvalue weighted by atomic mass is 9.92. The first-order valence-electron chi connectivity index (χ1n) is 17.9. The number of hydrogen-bond donors (Lipinski definition) is 0. The fourth-order valence-corrected chi connectivity index (χ4v) is 7.04. The van der Waals surface area contributed by atoms with Crippen LogP contribution in [0.4, 0.5) is 17.1 Å². The maximum Gasteiger partial charge on any atom is 0.0973 e. The maximum absolute atomic E-state index is 5.42. The zero-order valence-electron chi connectivity index (χ0n) is 29.0. The summed E-state index contributed by atoms with van der Waals surface area (Å²) >= 11 is 0. The largest absolute Gasteiger partial charge is 0.311 e. The van der Waals surface area contributed by atoms with Crippen LogP contribution in [0.15, 0.2) is 212 Å². The third-order valence-corrected chi connectivity index (χ3v) is 9.67. The summed E-state index contributed by atoms with van der Waals surface area (Å²) in [4.78, 5) is 13.1. The van der Waals surface area contributed by atoms with Gasteiger partial charge in [-0.15, -0.1) is 0 Å². The van der Waals surface area contributed by atoms with Gasteiger partial charge in [0.15, 0.2) is 0 Å². The van der Waals surface area contributed by atoms with E-state index in [-0.39, 0.29) is 0 Å². The second-order valence-electron chi connectivity index (χ2n) is 13.0. The van der Waals surface area contributed by atoms with E-state index >= 15 is 0 Å². The molecule has 0 spiro atoms. The minimum atomic E-state index is 0.846. The highest BCUT2D eigenvalue weighted by Gasteiger charge is 2.18. The molecule has 0 aliphatic rings. The van der Waals surface area contributed by atoms with Crippen LogP contribution in [0.25, 0.3) is 66.9 Å². The van der Waals surface area contributed by atoms with Crippen molar-refractivity contribution < 1.29 is 0 Å². The minimum absolute atomic E-state index is 0.846. The second kappa shape index (κ2) is 14.3. The van der Waals surface area contributed by atoms with Crippen molar-refractivity contribution in [2.45, 2.75) is 0 Å². The predicted molar refractivity (Wildman–Crippen MR) is 221 cm³/mol. The number of rotatable bonds is 8. The van der Waals surface area contributed by atoms with Crippen molar-refractivity contribution in [1.29, 1.82) is 0 Å². The van der Waals surface area contributed by atoms with Gasteiger partial charge in [0.25, 0.3) is 0 Å². The van der Waals surface area contributed by atoms with E-state index in [1.165, 1.54) is 11.1 Å². The summed E-state index contributed by atoms with van der Waals surface area (Å²) in [6.07, 6.45) is 0. The third-order valence-electron chi connectivity index (χ3n) is 9.67. The van der Waals surface area contributed by atoms with Crippen molar-refractivity contribution in [3.05, 3.63) is 212 Å². The SMILES string of the molecule is c1ccc(-c2ccc(-c3cc4nc(-c5ccc(N(c6ccccc6)c6ccccc6)cc5)c(-c5ccccc5)nc4cc3-c3ccccc3)cc2)cc1. The van der Waals surface area contributed by atoms with Gasteiger partial charge in [-0.2, -0.15) is 0 Å². The second-order valence-corrected chi connectivity index (χ2v) is 13.0. The molecule has 0 bridgehead atoms. The van der Waals surface area contributed by atoms with Crippen LogP contribution in [-0.2, 0) is 0 Å². The van der Waals surface area contributed by atoms with Gasteiger partial charge in [-0.3, -0.25) is 0 Å². The molecule has 0 radical (unpaired) electrons. The Bertz CT molecular complexity index is 2570. The number of hydrogen-bond acceptors (Lipinski definition) is 3. The van der Waals surface area contributed by atoms with Crippen molar-refractivity contribution in [3.63, 3.8) is 0 Å². The van der Waals surface area contributed by atoms with Crippen LogP contribution in [0, 0.1) is 0 Å². The number of benzene rings is 8. The van der Waals surface area contributed by atoms with Crippen molar-refractivity contribution in [2.24, 2.45) is 0 Å². The molecule has 1 aromatic heterocycles. The molecule has 0 aliphatic heterocycles. The van der Waals surface area contributed by atoms with E-state index in [2.05, 4.69) is 199 Å². The molecule has 0 amide bonds. The third kappa shape index (κ3) is 6.48. The van der Waals surface area contributed by atoms with Crippen LogP contribution >= 0.6 is 0 Å². The Hall–Kier alpha value is -7.10. The molecule has 1 heterocycles. The van der Waals surface area contributed by atoms with Gasteiger partial charge in [0.2, 0.25) is 0 Å². The summed E-state index contributed by atoms with van der Waals surface area (Å²) in [7, 11) is 0. The van der Waals surface area contributed by atoms with Gasteiger partial charge in [-0.1, -0.05) is 164 Å². The van der Waals surface area contributed by atoms with Gasteiger partial charge < -0.3 is 4.90 Å². The molecule has 8 aromatic carbocycles. The highest BCUT2D eigenvalue weighted by molar-refractivity contribution is 5.96. The monoisotopic (exact) mass is 677 g/mol. The van der Waals surface area contributed by atoms with Gasteiger partial charge in [0.05, 0.1) is 22.4 Å². The van der Waals surface area contributed by atoms with Crippen LogP contribution in [0.2, 0.25) is 0 Å². The van der Waals surface area contributed by atoms with Crippen LogP contribution in [0.3, 0.4) is 0 Å². The van der Waals surface area contributed by atoms with Crippen molar-refractivity contribution in [2.75, 3.05) is 4.90 Å². The van der Waals surface area contributed by atoms with Gasteiger partial charge in [0.1, 0.15) is 0 Å². The zero-order valence-corrected chi connectivity index (χ0v) is 29.0. The number of fused-ring (bicyclic) bond motifs is 1. The fourth-order valence-electron chi connectivity index (χ4n) is 7.04. The van der Waals surface area contributed by atoms with Crippen molar-refractivity contribution in [1.82, 2.24) is 9.97 Å². The molecule has 0 unspecified atom stereocenters. The summed E-state index contributed by atoms with van der Waals surface area (Å²) in [6, 6.07) is 74.3. The Kier molecular flexibility index (Phi) is 8.57. The first-order chi connectivity index (χ1) is 26.3. The number of para-hydroxylation sites is 2. The van der Waals surface area contributed by atoms with Crippen LogP contribution in [0.5, 0.6) is 0 Å². The van der Waals surface area contributed by atoms with E-state index in [0.717, 1.165) is 72.9 Å². The van der Waals surface area contributed by atoms with Gasteiger partial charge in [-0.25, -0.2) is 9.97 Å². The Morgan fingerprint density at radius 1 is 0.264 bits per heavy atom. The lowest BCUT2D eigenvalue weighted by Crippen LogP contribution is -2.09. The Balaban J connectivity index is 1.20. The zero-order chi connectivity index (χ0) is 35.4. The fraction of sp³-hybridized carbons (Fsp3) is 0. The Labute approximate surface area is 310 Å². The van der Waals surface area contributed by atoms with E-state index in [1.54, 1.807) is 0 Å². The molecule has 250 valence electrons. The number of anilines is 3. The lowest BCUT2D eigenvalue weighted by Gasteiger charge is -2.25. The molecular formula is C50H35N3.